The van der Waals surface area contributed by atoms with E-state index in [4.69, 9.17) is 4.74 Å². The number of rotatable bonds is 5. The zero-order valence-electron chi connectivity index (χ0n) is 8.47. The Kier molecular flexibility index (Phi) is 4.02. The first-order chi connectivity index (χ1) is 5.72. The molecule has 1 N–H and O–H groups in total. The highest BCUT2D eigenvalue weighted by Crippen LogP contribution is 2.22. The predicted molar refractivity (Wildman–Crippen MR) is 51.3 cm³/mol. The van der Waals surface area contributed by atoms with Crippen LogP contribution in [0.3, 0.4) is 0 Å². The average molecular weight is 171 g/mol. The molecule has 1 aliphatic rings. The van der Waals surface area contributed by atoms with Crippen LogP contribution in [-0.2, 0) is 4.74 Å². The van der Waals surface area contributed by atoms with Crippen molar-refractivity contribution in [2.24, 2.45) is 5.92 Å². The van der Waals surface area contributed by atoms with Crippen LogP contribution in [0, 0.1) is 5.92 Å². The molecule has 1 aliphatic carbocycles. The molecule has 0 saturated heterocycles. The average Bonchev–Trinajstić information content (AvgIpc) is 1.93. The summed E-state index contributed by atoms with van der Waals surface area (Å²) in [6.45, 7) is 5.69. The summed E-state index contributed by atoms with van der Waals surface area (Å²) < 4.78 is 5.20. The molecule has 0 unspecified atom stereocenters. The molecule has 0 aromatic carbocycles. The quantitative estimate of drug-likeness (QED) is 0.681. The summed E-state index contributed by atoms with van der Waals surface area (Å²) in [7, 11) is 1.80. The van der Waals surface area contributed by atoms with Crippen LogP contribution in [0.5, 0.6) is 0 Å². The van der Waals surface area contributed by atoms with Crippen molar-refractivity contribution in [3.63, 3.8) is 0 Å². The molecule has 72 valence electrons. The molecule has 12 heavy (non-hydrogen) atoms. The summed E-state index contributed by atoms with van der Waals surface area (Å²) in [5.41, 5.74) is 0. The van der Waals surface area contributed by atoms with Gasteiger partial charge in [0.2, 0.25) is 0 Å². The van der Waals surface area contributed by atoms with E-state index >= 15 is 0 Å². The summed E-state index contributed by atoms with van der Waals surface area (Å²) in [5.74, 6) is 0.816. The van der Waals surface area contributed by atoms with Gasteiger partial charge in [0.1, 0.15) is 0 Å². The maximum absolute atomic E-state index is 5.20. The maximum atomic E-state index is 5.20. The van der Waals surface area contributed by atoms with Gasteiger partial charge in [-0.2, -0.15) is 0 Å². The van der Waals surface area contributed by atoms with Crippen molar-refractivity contribution in [2.75, 3.05) is 13.7 Å². The van der Waals surface area contributed by atoms with Crippen molar-refractivity contribution >= 4 is 0 Å². The van der Waals surface area contributed by atoms with Crippen LogP contribution in [0.15, 0.2) is 0 Å². The second-order valence-electron chi connectivity index (χ2n) is 4.16. The van der Waals surface area contributed by atoms with Crippen LogP contribution < -0.4 is 5.32 Å². The SMILES string of the molecule is COC1CC(NCCC(C)C)C1. The Morgan fingerprint density at radius 3 is 2.58 bits per heavy atom. The first-order valence-electron chi connectivity index (χ1n) is 4.98. The van der Waals surface area contributed by atoms with Gasteiger partial charge in [-0.3, -0.25) is 0 Å². The third kappa shape index (κ3) is 3.11. The smallest absolute Gasteiger partial charge is 0.0601 e. The van der Waals surface area contributed by atoms with Crippen molar-refractivity contribution in [2.45, 2.75) is 45.3 Å². The molecule has 0 amide bonds. The van der Waals surface area contributed by atoms with Gasteiger partial charge in [-0.05, 0) is 31.7 Å². The van der Waals surface area contributed by atoms with E-state index in [0.29, 0.717) is 6.10 Å². The van der Waals surface area contributed by atoms with E-state index in [9.17, 15) is 0 Å². The third-order valence-corrected chi connectivity index (χ3v) is 2.58. The van der Waals surface area contributed by atoms with Crippen LogP contribution in [0.4, 0.5) is 0 Å². The molecule has 1 rings (SSSR count). The van der Waals surface area contributed by atoms with E-state index in [-0.39, 0.29) is 0 Å². The number of ether oxygens (including phenoxy) is 1. The van der Waals surface area contributed by atoms with Crippen molar-refractivity contribution in [3.05, 3.63) is 0 Å². The molecule has 0 atom stereocenters. The highest BCUT2D eigenvalue weighted by molar-refractivity contribution is 4.85. The largest absolute Gasteiger partial charge is 0.381 e. The Morgan fingerprint density at radius 2 is 2.08 bits per heavy atom. The minimum absolute atomic E-state index is 0.529. The highest BCUT2D eigenvalue weighted by Gasteiger charge is 2.27. The lowest BCUT2D eigenvalue weighted by Crippen LogP contribution is -2.45. The fraction of sp³-hybridized carbons (Fsp3) is 1.00. The lowest BCUT2D eigenvalue weighted by atomic mass is 9.89. The normalized spacial score (nSPS) is 29.0. The van der Waals surface area contributed by atoms with E-state index < -0.39 is 0 Å². The second-order valence-corrected chi connectivity index (χ2v) is 4.16. The summed E-state index contributed by atoms with van der Waals surface area (Å²) in [6.07, 6.45) is 4.22. The van der Waals surface area contributed by atoms with E-state index in [1.165, 1.54) is 25.8 Å². The van der Waals surface area contributed by atoms with Gasteiger partial charge < -0.3 is 10.1 Å². The molecule has 1 saturated carbocycles. The molecule has 2 heteroatoms. The molecule has 0 aliphatic heterocycles. The number of hydrogen-bond acceptors (Lipinski definition) is 2. The fourth-order valence-corrected chi connectivity index (χ4v) is 1.50. The lowest BCUT2D eigenvalue weighted by Gasteiger charge is -2.35. The number of methoxy groups -OCH3 is 1. The number of hydrogen-bond donors (Lipinski definition) is 1. The van der Waals surface area contributed by atoms with Gasteiger partial charge in [-0.1, -0.05) is 13.8 Å². The molecule has 1 fully saturated rings. The zero-order valence-corrected chi connectivity index (χ0v) is 8.47. The Hall–Kier alpha value is -0.0800. The monoisotopic (exact) mass is 171 g/mol. The second kappa shape index (κ2) is 4.83. The van der Waals surface area contributed by atoms with Gasteiger partial charge in [0.15, 0.2) is 0 Å². The number of nitrogens with one attached hydrogen (secondary N) is 1. The molecular weight excluding hydrogens is 150 g/mol. The van der Waals surface area contributed by atoms with Crippen LogP contribution in [0.25, 0.3) is 0 Å². The standard InChI is InChI=1S/C10H21NO/c1-8(2)4-5-11-9-6-10(7-9)12-3/h8-11H,4-7H2,1-3H3. The summed E-state index contributed by atoms with van der Waals surface area (Å²) in [5, 5.41) is 3.53. The van der Waals surface area contributed by atoms with Gasteiger partial charge in [-0.15, -0.1) is 0 Å². The Balaban J connectivity index is 1.90. The maximum Gasteiger partial charge on any atom is 0.0601 e. The van der Waals surface area contributed by atoms with E-state index in [1.54, 1.807) is 7.11 Å². The molecule has 0 spiro atoms. The Labute approximate surface area is 75.7 Å². The Morgan fingerprint density at radius 1 is 1.42 bits per heavy atom. The molecule has 0 aromatic rings. The molecule has 0 heterocycles. The van der Waals surface area contributed by atoms with Crippen LogP contribution in [0.2, 0.25) is 0 Å². The first kappa shape index (κ1) is 10.0. The minimum atomic E-state index is 0.529. The zero-order chi connectivity index (χ0) is 8.97. The van der Waals surface area contributed by atoms with Gasteiger partial charge in [0.25, 0.3) is 0 Å². The van der Waals surface area contributed by atoms with Gasteiger partial charge in [0, 0.05) is 13.2 Å². The third-order valence-electron chi connectivity index (χ3n) is 2.58. The van der Waals surface area contributed by atoms with Crippen LogP contribution >= 0.6 is 0 Å². The minimum Gasteiger partial charge on any atom is -0.381 e. The summed E-state index contributed by atoms with van der Waals surface area (Å²) in [6, 6.07) is 0.730. The van der Waals surface area contributed by atoms with E-state index in [1.807, 2.05) is 0 Å². The van der Waals surface area contributed by atoms with E-state index in [2.05, 4.69) is 19.2 Å². The highest BCUT2D eigenvalue weighted by atomic mass is 16.5. The lowest BCUT2D eigenvalue weighted by molar-refractivity contribution is 0.0173. The molecule has 0 bridgehead atoms. The van der Waals surface area contributed by atoms with Gasteiger partial charge in [-0.25, -0.2) is 0 Å². The predicted octanol–water partition coefficient (Wildman–Crippen LogP) is 1.80. The van der Waals surface area contributed by atoms with Crippen molar-refractivity contribution in [1.29, 1.82) is 0 Å². The van der Waals surface area contributed by atoms with E-state index in [0.717, 1.165) is 12.0 Å². The first-order valence-corrected chi connectivity index (χ1v) is 4.98. The van der Waals surface area contributed by atoms with Gasteiger partial charge >= 0.3 is 0 Å². The van der Waals surface area contributed by atoms with Crippen molar-refractivity contribution < 1.29 is 4.74 Å². The van der Waals surface area contributed by atoms with Crippen molar-refractivity contribution in [1.82, 2.24) is 5.32 Å². The summed E-state index contributed by atoms with van der Waals surface area (Å²) in [4.78, 5) is 0. The van der Waals surface area contributed by atoms with Crippen molar-refractivity contribution in [3.8, 4) is 0 Å². The fourth-order valence-electron chi connectivity index (χ4n) is 1.50. The summed E-state index contributed by atoms with van der Waals surface area (Å²) >= 11 is 0. The topological polar surface area (TPSA) is 21.3 Å². The molecule has 0 radical (unpaired) electrons. The molecular formula is C10H21NO. The van der Waals surface area contributed by atoms with Crippen LogP contribution in [0.1, 0.15) is 33.1 Å². The molecule has 2 nitrogen and oxygen atoms in total. The molecule has 0 aromatic heterocycles. The van der Waals surface area contributed by atoms with Crippen LogP contribution in [-0.4, -0.2) is 25.8 Å². The Bertz CT molecular complexity index is 119. The van der Waals surface area contributed by atoms with Gasteiger partial charge in [0.05, 0.1) is 6.10 Å².